The van der Waals surface area contributed by atoms with E-state index in [0.29, 0.717) is 5.25 Å². The first-order valence-corrected chi connectivity index (χ1v) is 6.96. The zero-order valence-corrected chi connectivity index (χ0v) is 11.8. The second kappa shape index (κ2) is 5.11. The van der Waals surface area contributed by atoms with Crippen molar-refractivity contribution in [3.05, 3.63) is 36.4 Å². The SMILES string of the molecule is CC(C)Sc1ccc2ccccc2c1[NH+](C)C. The van der Waals surface area contributed by atoms with Crippen molar-refractivity contribution in [3.8, 4) is 0 Å². The maximum atomic E-state index is 2.26. The van der Waals surface area contributed by atoms with Gasteiger partial charge in [-0.15, -0.1) is 11.8 Å². The summed E-state index contributed by atoms with van der Waals surface area (Å²) in [6.07, 6.45) is 0. The van der Waals surface area contributed by atoms with Gasteiger partial charge in [0.2, 0.25) is 0 Å². The molecule has 0 amide bonds. The molecule has 1 N–H and O–H groups in total. The first-order valence-electron chi connectivity index (χ1n) is 6.08. The molecule has 0 aliphatic carbocycles. The van der Waals surface area contributed by atoms with E-state index >= 15 is 0 Å². The fourth-order valence-electron chi connectivity index (χ4n) is 2.12. The van der Waals surface area contributed by atoms with Crippen LogP contribution in [0.3, 0.4) is 0 Å². The molecule has 0 atom stereocenters. The van der Waals surface area contributed by atoms with Crippen molar-refractivity contribution in [1.82, 2.24) is 0 Å². The zero-order valence-electron chi connectivity index (χ0n) is 10.9. The van der Waals surface area contributed by atoms with Gasteiger partial charge in [0.1, 0.15) is 0 Å². The van der Waals surface area contributed by atoms with E-state index in [-0.39, 0.29) is 0 Å². The summed E-state index contributed by atoms with van der Waals surface area (Å²) < 4.78 is 0. The van der Waals surface area contributed by atoms with Crippen molar-refractivity contribution in [2.75, 3.05) is 14.1 Å². The smallest absolute Gasteiger partial charge is 0.152 e. The van der Waals surface area contributed by atoms with Gasteiger partial charge in [0.05, 0.1) is 19.0 Å². The third-order valence-corrected chi connectivity index (χ3v) is 3.82. The molecule has 17 heavy (non-hydrogen) atoms. The highest BCUT2D eigenvalue weighted by Gasteiger charge is 2.14. The van der Waals surface area contributed by atoms with Crippen LogP contribution in [0.4, 0.5) is 5.69 Å². The van der Waals surface area contributed by atoms with Crippen LogP contribution < -0.4 is 4.90 Å². The highest BCUT2D eigenvalue weighted by Crippen LogP contribution is 2.33. The van der Waals surface area contributed by atoms with Gasteiger partial charge in [-0.25, -0.2) is 0 Å². The van der Waals surface area contributed by atoms with Gasteiger partial charge in [0.25, 0.3) is 0 Å². The van der Waals surface area contributed by atoms with Gasteiger partial charge >= 0.3 is 0 Å². The summed E-state index contributed by atoms with van der Waals surface area (Å²) in [6, 6.07) is 13.1. The number of hydrogen-bond donors (Lipinski definition) is 1. The fraction of sp³-hybridized carbons (Fsp3) is 0.333. The standard InChI is InChI=1S/C15H19NS/c1-11(2)17-14-10-9-12-7-5-6-8-13(12)15(14)16(3)4/h5-11H,1-4H3/p+1. The van der Waals surface area contributed by atoms with Gasteiger partial charge in [-0.05, 0) is 17.5 Å². The van der Waals surface area contributed by atoms with Crippen molar-refractivity contribution in [1.29, 1.82) is 0 Å². The van der Waals surface area contributed by atoms with Crippen LogP contribution >= 0.6 is 11.8 Å². The molecule has 2 rings (SSSR count). The summed E-state index contributed by atoms with van der Waals surface area (Å²) in [6.45, 7) is 4.49. The molecular formula is C15H20NS+. The van der Waals surface area contributed by atoms with E-state index < -0.39 is 0 Å². The molecule has 0 fully saturated rings. The van der Waals surface area contributed by atoms with Gasteiger partial charge in [0, 0.05) is 10.6 Å². The van der Waals surface area contributed by atoms with E-state index in [1.165, 1.54) is 26.3 Å². The Morgan fingerprint density at radius 2 is 1.71 bits per heavy atom. The molecule has 2 aromatic carbocycles. The van der Waals surface area contributed by atoms with Gasteiger partial charge in [0.15, 0.2) is 5.69 Å². The fourth-order valence-corrected chi connectivity index (χ4v) is 3.21. The second-order valence-corrected chi connectivity index (χ2v) is 6.44. The van der Waals surface area contributed by atoms with E-state index in [2.05, 4.69) is 64.3 Å². The van der Waals surface area contributed by atoms with Crippen LogP contribution in [0.15, 0.2) is 41.3 Å². The van der Waals surface area contributed by atoms with Crippen molar-refractivity contribution < 1.29 is 4.90 Å². The van der Waals surface area contributed by atoms with Crippen LogP contribution in [0.25, 0.3) is 10.8 Å². The topological polar surface area (TPSA) is 4.44 Å². The van der Waals surface area contributed by atoms with Gasteiger partial charge in [-0.3, -0.25) is 0 Å². The molecule has 2 aromatic rings. The minimum absolute atomic E-state index is 0.620. The Hall–Kier alpha value is -0.990. The van der Waals surface area contributed by atoms with Crippen molar-refractivity contribution in [2.24, 2.45) is 0 Å². The number of benzene rings is 2. The lowest BCUT2D eigenvalue weighted by Gasteiger charge is -2.16. The molecule has 2 heteroatoms. The number of hydrogen-bond acceptors (Lipinski definition) is 1. The van der Waals surface area contributed by atoms with Crippen LogP contribution in [-0.2, 0) is 0 Å². The summed E-state index contributed by atoms with van der Waals surface area (Å²) >= 11 is 1.95. The van der Waals surface area contributed by atoms with Crippen LogP contribution in [0.1, 0.15) is 13.8 Å². The summed E-state index contributed by atoms with van der Waals surface area (Å²) in [4.78, 5) is 2.80. The van der Waals surface area contributed by atoms with E-state index in [9.17, 15) is 0 Å². The Kier molecular flexibility index (Phi) is 3.75. The maximum Gasteiger partial charge on any atom is 0.152 e. The van der Waals surface area contributed by atoms with Crippen LogP contribution in [0.5, 0.6) is 0 Å². The number of rotatable bonds is 3. The second-order valence-electron chi connectivity index (χ2n) is 4.83. The Morgan fingerprint density at radius 3 is 2.35 bits per heavy atom. The van der Waals surface area contributed by atoms with Crippen molar-refractivity contribution in [2.45, 2.75) is 24.0 Å². The van der Waals surface area contributed by atoms with Crippen molar-refractivity contribution in [3.63, 3.8) is 0 Å². The summed E-state index contributed by atoms with van der Waals surface area (Å²) in [7, 11) is 4.40. The molecular weight excluding hydrogens is 226 g/mol. The summed E-state index contributed by atoms with van der Waals surface area (Å²) in [5.74, 6) is 0. The minimum Gasteiger partial charge on any atom is -0.306 e. The molecule has 90 valence electrons. The van der Waals surface area contributed by atoms with Gasteiger partial charge in [-0.2, -0.15) is 0 Å². The molecule has 0 aromatic heterocycles. The van der Waals surface area contributed by atoms with Gasteiger partial charge in [-0.1, -0.05) is 38.1 Å². The third-order valence-electron chi connectivity index (χ3n) is 2.75. The molecule has 0 aliphatic rings. The largest absolute Gasteiger partial charge is 0.306 e. The number of thioether (sulfide) groups is 1. The number of quaternary nitrogens is 1. The lowest BCUT2D eigenvalue weighted by molar-refractivity contribution is -0.787. The highest BCUT2D eigenvalue weighted by molar-refractivity contribution is 8.00. The van der Waals surface area contributed by atoms with Gasteiger partial charge < -0.3 is 4.90 Å². The zero-order chi connectivity index (χ0) is 12.4. The average Bonchev–Trinajstić information content (AvgIpc) is 2.27. The van der Waals surface area contributed by atoms with Crippen LogP contribution in [-0.4, -0.2) is 19.3 Å². The molecule has 0 spiro atoms. The van der Waals surface area contributed by atoms with Crippen LogP contribution in [0.2, 0.25) is 0 Å². The molecule has 0 heterocycles. The molecule has 0 radical (unpaired) electrons. The lowest BCUT2D eigenvalue weighted by atomic mass is 10.1. The normalized spacial score (nSPS) is 11.6. The quantitative estimate of drug-likeness (QED) is 0.815. The Bertz CT molecular complexity index is 517. The molecule has 0 bridgehead atoms. The molecule has 0 unspecified atom stereocenters. The van der Waals surface area contributed by atoms with E-state index in [1.54, 1.807) is 0 Å². The minimum atomic E-state index is 0.620. The maximum absolute atomic E-state index is 2.26. The molecule has 1 nitrogen and oxygen atoms in total. The lowest BCUT2D eigenvalue weighted by Crippen LogP contribution is -3.00. The number of fused-ring (bicyclic) bond motifs is 1. The first-order chi connectivity index (χ1) is 8.09. The van der Waals surface area contributed by atoms with Crippen molar-refractivity contribution >= 4 is 28.2 Å². The third kappa shape index (κ3) is 2.64. The predicted octanol–water partition coefficient (Wildman–Crippen LogP) is 3.12. The monoisotopic (exact) mass is 246 g/mol. The van der Waals surface area contributed by atoms with E-state index in [0.717, 1.165) is 0 Å². The Balaban J connectivity index is 2.64. The molecule has 0 saturated carbocycles. The molecule has 0 saturated heterocycles. The highest BCUT2D eigenvalue weighted by atomic mass is 32.2. The Morgan fingerprint density at radius 1 is 1.00 bits per heavy atom. The first kappa shape index (κ1) is 12.5. The average molecular weight is 246 g/mol. The Labute approximate surface area is 108 Å². The number of nitrogens with one attached hydrogen (secondary N) is 1. The molecule has 0 aliphatic heterocycles. The van der Waals surface area contributed by atoms with E-state index in [1.807, 2.05) is 11.8 Å². The predicted molar refractivity (Wildman–Crippen MR) is 77.4 cm³/mol. The summed E-state index contributed by atoms with van der Waals surface area (Å²) in [5, 5.41) is 3.32. The van der Waals surface area contributed by atoms with E-state index in [4.69, 9.17) is 0 Å². The van der Waals surface area contributed by atoms with Crippen LogP contribution in [0, 0.1) is 0 Å². The summed E-state index contributed by atoms with van der Waals surface area (Å²) in [5.41, 5.74) is 1.42.